The average molecular weight is 246 g/mol. The van der Waals surface area contributed by atoms with Crippen LogP contribution in [0.15, 0.2) is 24.3 Å². The zero-order valence-corrected chi connectivity index (χ0v) is 10.0. The Balaban J connectivity index is 1.79. The first-order valence-corrected chi connectivity index (χ1v) is 6.12. The van der Waals surface area contributed by atoms with Crippen LogP contribution >= 0.6 is 0 Å². The number of benzene rings is 1. The Morgan fingerprint density at radius 1 is 1.33 bits per heavy atom. The summed E-state index contributed by atoms with van der Waals surface area (Å²) < 4.78 is 14.9. The lowest BCUT2D eigenvalue weighted by Gasteiger charge is -2.14. The summed E-state index contributed by atoms with van der Waals surface area (Å²) in [6, 6.07) is 7.66. The van der Waals surface area contributed by atoms with Crippen LogP contribution in [0.3, 0.4) is 0 Å². The van der Waals surface area contributed by atoms with Gasteiger partial charge in [0.15, 0.2) is 5.82 Å². The first-order valence-electron chi connectivity index (χ1n) is 6.12. The van der Waals surface area contributed by atoms with Gasteiger partial charge >= 0.3 is 0 Å². The Morgan fingerprint density at radius 3 is 2.89 bits per heavy atom. The fourth-order valence-electron chi connectivity index (χ4n) is 2.21. The molecule has 1 aliphatic rings. The van der Waals surface area contributed by atoms with Crippen LogP contribution in [-0.4, -0.2) is 20.9 Å². The Morgan fingerprint density at radius 2 is 2.11 bits per heavy atom. The molecule has 18 heavy (non-hydrogen) atoms. The zero-order valence-electron chi connectivity index (χ0n) is 10.0. The number of hydrogen-bond acceptors (Lipinski definition) is 3. The molecule has 1 aromatic carbocycles. The molecule has 0 spiro atoms. The van der Waals surface area contributed by atoms with E-state index < -0.39 is 6.17 Å². The van der Waals surface area contributed by atoms with Gasteiger partial charge < -0.3 is 5.73 Å². The molecule has 0 fully saturated rings. The van der Waals surface area contributed by atoms with Gasteiger partial charge in [0.05, 0.1) is 6.54 Å². The summed E-state index contributed by atoms with van der Waals surface area (Å²) in [7, 11) is 0. The van der Waals surface area contributed by atoms with Gasteiger partial charge in [-0.25, -0.2) is 14.1 Å². The van der Waals surface area contributed by atoms with E-state index >= 15 is 0 Å². The standard InChI is InChI=1S/C13H15FN4/c14-10-3-6-13-16-12(17-18(13)8-10)7-9-1-4-11(15)5-2-9/h1-2,4-5,10H,3,6-8,15H2. The van der Waals surface area contributed by atoms with E-state index in [1.807, 2.05) is 24.3 Å². The molecule has 0 saturated heterocycles. The van der Waals surface area contributed by atoms with Crippen LogP contribution in [0.5, 0.6) is 0 Å². The SMILES string of the molecule is Nc1ccc(Cc2nc3n(n2)CC(F)CC3)cc1. The molecule has 1 atom stereocenters. The summed E-state index contributed by atoms with van der Waals surface area (Å²) in [5, 5.41) is 4.35. The molecule has 0 radical (unpaired) electrons. The van der Waals surface area contributed by atoms with Gasteiger partial charge in [-0.05, 0) is 24.1 Å². The minimum atomic E-state index is -0.788. The second kappa shape index (κ2) is 4.40. The molecule has 3 rings (SSSR count). The number of hydrogen-bond donors (Lipinski definition) is 1. The van der Waals surface area contributed by atoms with Crippen molar-refractivity contribution in [2.45, 2.75) is 32.0 Å². The highest BCUT2D eigenvalue weighted by Crippen LogP contribution is 2.17. The molecule has 4 nitrogen and oxygen atoms in total. The fourth-order valence-corrected chi connectivity index (χ4v) is 2.21. The maximum atomic E-state index is 13.2. The van der Waals surface area contributed by atoms with E-state index in [0.29, 0.717) is 25.8 Å². The highest BCUT2D eigenvalue weighted by molar-refractivity contribution is 5.39. The lowest BCUT2D eigenvalue weighted by atomic mass is 10.1. The van der Waals surface area contributed by atoms with Gasteiger partial charge in [-0.3, -0.25) is 0 Å². The Hall–Kier alpha value is -1.91. The van der Waals surface area contributed by atoms with Gasteiger partial charge in [-0.15, -0.1) is 0 Å². The van der Waals surface area contributed by atoms with Crippen molar-refractivity contribution >= 4 is 5.69 Å². The van der Waals surface area contributed by atoms with Crippen LogP contribution in [0.25, 0.3) is 0 Å². The fraction of sp³-hybridized carbons (Fsp3) is 0.385. The highest BCUT2D eigenvalue weighted by Gasteiger charge is 2.20. The summed E-state index contributed by atoms with van der Waals surface area (Å²) in [6.07, 6.45) is 1.11. The maximum Gasteiger partial charge on any atom is 0.155 e. The molecule has 1 unspecified atom stereocenters. The highest BCUT2D eigenvalue weighted by atomic mass is 19.1. The molecule has 0 aliphatic carbocycles. The number of fused-ring (bicyclic) bond motifs is 1. The second-order valence-corrected chi connectivity index (χ2v) is 4.68. The van der Waals surface area contributed by atoms with Crippen molar-refractivity contribution in [1.29, 1.82) is 0 Å². The first kappa shape index (κ1) is 11.2. The number of aromatic nitrogens is 3. The molecule has 1 aliphatic heterocycles. The lowest BCUT2D eigenvalue weighted by molar-refractivity contribution is 0.242. The molecule has 0 bridgehead atoms. The van der Waals surface area contributed by atoms with Gasteiger partial charge in [0.25, 0.3) is 0 Å². The Bertz CT molecular complexity index is 547. The number of aryl methyl sites for hydroxylation is 1. The number of nitrogen functional groups attached to an aromatic ring is 1. The second-order valence-electron chi connectivity index (χ2n) is 4.68. The van der Waals surface area contributed by atoms with Crippen molar-refractivity contribution in [1.82, 2.24) is 14.8 Å². The van der Waals surface area contributed by atoms with E-state index in [-0.39, 0.29) is 0 Å². The number of nitrogens with two attached hydrogens (primary N) is 1. The van der Waals surface area contributed by atoms with Crippen molar-refractivity contribution in [3.05, 3.63) is 41.5 Å². The van der Waals surface area contributed by atoms with E-state index in [2.05, 4.69) is 10.1 Å². The summed E-state index contributed by atoms with van der Waals surface area (Å²) in [5.74, 6) is 1.65. The minimum Gasteiger partial charge on any atom is -0.399 e. The number of halogens is 1. The van der Waals surface area contributed by atoms with Crippen LogP contribution in [0, 0.1) is 0 Å². The van der Waals surface area contributed by atoms with Gasteiger partial charge in [0.1, 0.15) is 12.0 Å². The van der Waals surface area contributed by atoms with Crippen LogP contribution in [-0.2, 0) is 19.4 Å². The number of anilines is 1. The molecule has 5 heteroatoms. The van der Waals surface area contributed by atoms with Crippen LogP contribution in [0.2, 0.25) is 0 Å². The van der Waals surface area contributed by atoms with Gasteiger partial charge in [-0.1, -0.05) is 12.1 Å². The van der Waals surface area contributed by atoms with Crippen molar-refractivity contribution in [2.75, 3.05) is 5.73 Å². The Labute approximate surface area is 105 Å². The number of alkyl halides is 1. The predicted octanol–water partition coefficient (Wildman–Crippen LogP) is 1.74. The third kappa shape index (κ3) is 2.20. The molecule has 0 amide bonds. The van der Waals surface area contributed by atoms with E-state index in [1.165, 1.54) is 0 Å². The number of nitrogens with zero attached hydrogens (tertiary/aromatic N) is 3. The number of rotatable bonds is 2. The largest absolute Gasteiger partial charge is 0.399 e. The molecule has 2 N–H and O–H groups in total. The van der Waals surface area contributed by atoms with Crippen molar-refractivity contribution < 1.29 is 4.39 Å². The Kier molecular flexibility index (Phi) is 2.74. The summed E-state index contributed by atoms with van der Waals surface area (Å²) in [4.78, 5) is 4.46. The van der Waals surface area contributed by atoms with Crippen molar-refractivity contribution in [2.24, 2.45) is 0 Å². The van der Waals surface area contributed by atoms with E-state index in [0.717, 1.165) is 22.9 Å². The maximum absolute atomic E-state index is 13.2. The molecule has 94 valence electrons. The zero-order chi connectivity index (χ0) is 12.5. The summed E-state index contributed by atoms with van der Waals surface area (Å²) >= 11 is 0. The summed E-state index contributed by atoms with van der Waals surface area (Å²) in [5.41, 5.74) is 7.50. The predicted molar refractivity (Wildman–Crippen MR) is 66.9 cm³/mol. The van der Waals surface area contributed by atoms with Crippen molar-refractivity contribution in [3.63, 3.8) is 0 Å². The topological polar surface area (TPSA) is 56.7 Å². The van der Waals surface area contributed by atoms with Gasteiger partial charge in [0.2, 0.25) is 0 Å². The normalized spacial score (nSPS) is 18.6. The van der Waals surface area contributed by atoms with Crippen LogP contribution < -0.4 is 5.73 Å². The van der Waals surface area contributed by atoms with E-state index in [4.69, 9.17) is 5.73 Å². The average Bonchev–Trinajstić information content (AvgIpc) is 2.73. The van der Waals surface area contributed by atoms with E-state index in [9.17, 15) is 4.39 Å². The summed E-state index contributed by atoms with van der Waals surface area (Å²) in [6.45, 7) is 0.337. The molecule has 0 saturated carbocycles. The monoisotopic (exact) mass is 246 g/mol. The van der Waals surface area contributed by atoms with Crippen molar-refractivity contribution in [3.8, 4) is 0 Å². The molecule has 2 heterocycles. The van der Waals surface area contributed by atoms with Gasteiger partial charge in [-0.2, -0.15) is 5.10 Å². The smallest absolute Gasteiger partial charge is 0.155 e. The molecule has 1 aromatic heterocycles. The van der Waals surface area contributed by atoms with Crippen LogP contribution in [0.4, 0.5) is 10.1 Å². The molecular formula is C13H15FN4. The first-order chi connectivity index (χ1) is 8.70. The van der Waals surface area contributed by atoms with E-state index in [1.54, 1.807) is 4.68 Å². The lowest BCUT2D eigenvalue weighted by Crippen LogP contribution is -2.21. The van der Waals surface area contributed by atoms with Crippen LogP contribution in [0.1, 0.15) is 23.6 Å². The minimum absolute atomic E-state index is 0.337. The molecular weight excluding hydrogens is 231 g/mol. The molecule has 2 aromatic rings. The quantitative estimate of drug-likeness (QED) is 0.821. The third-order valence-corrected chi connectivity index (χ3v) is 3.19. The van der Waals surface area contributed by atoms with Gasteiger partial charge in [0, 0.05) is 18.5 Å². The third-order valence-electron chi connectivity index (χ3n) is 3.19.